The summed E-state index contributed by atoms with van der Waals surface area (Å²) in [6, 6.07) is 1.03. The van der Waals surface area contributed by atoms with Crippen molar-refractivity contribution in [3.05, 3.63) is 0 Å². The van der Waals surface area contributed by atoms with Gasteiger partial charge in [-0.2, -0.15) is 0 Å². The molecule has 2 unspecified atom stereocenters. The van der Waals surface area contributed by atoms with Crippen LogP contribution in [-0.2, 0) is 4.79 Å². The van der Waals surface area contributed by atoms with Gasteiger partial charge in [0.05, 0.1) is 0 Å². The molecule has 0 saturated carbocycles. The lowest BCUT2D eigenvalue weighted by Gasteiger charge is -2.44. The zero-order valence-corrected chi connectivity index (χ0v) is 13.2. The molecule has 20 heavy (non-hydrogen) atoms. The van der Waals surface area contributed by atoms with E-state index >= 15 is 0 Å². The maximum absolute atomic E-state index is 12.0. The third-order valence-electron chi connectivity index (χ3n) is 5.41. The summed E-state index contributed by atoms with van der Waals surface area (Å²) in [6.07, 6.45) is 4.14. The number of piperidine rings is 1. The van der Waals surface area contributed by atoms with Gasteiger partial charge in [0.15, 0.2) is 0 Å². The molecule has 0 radical (unpaired) electrons. The molecule has 2 aliphatic rings. The molecule has 0 aromatic carbocycles. The summed E-state index contributed by atoms with van der Waals surface area (Å²) >= 11 is 0. The normalized spacial score (nSPS) is 33.8. The number of hydrogen-bond donors (Lipinski definition) is 2. The Morgan fingerprint density at radius 3 is 2.30 bits per heavy atom. The van der Waals surface area contributed by atoms with E-state index in [0.29, 0.717) is 12.1 Å². The summed E-state index contributed by atoms with van der Waals surface area (Å²) in [4.78, 5) is 16.8. The van der Waals surface area contributed by atoms with Crippen molar-refractivity contribution in [2.24, 2.45) is 5.73 Å². The second-order valence-corrected chi connectivity index (χ2v) is 6.36. The quantitative estimate of drug-likeness (QED) is 0.709. The number of primary amides is 1. The summed E-state index contributed by atoms with van der Waals surface area (Å²) in [5.41, 5.74) is 5.27. The minimum atomic E-state index is -0.481. The molecule has 0 aliphatic carbocycles. The molecule has 0 spiro atoms. The molecule has 2 aliphatic heterocycles. The Balaban J connectivity index is 1.96. The molecule has 2 fully saturated rings. The molecule has 2 bridgehead atoms. The van der Waals surface area contributed by atoms with Crippen molar-refractivity contribution in [2.45, 2.75) is 57.2 Å². The van der Waals surface area contributed by atoms with Gasteiger partial charge in [-0.15, -0.1) is 0 Å². The second kappa shape index (κ2) is 6.41. The standard InChI is InChI=1S/C15H30N4O/c1-4-19(5-2)9-8-17-15(14(16)20)10-12-6-7-13(11-15)18(12)3/h12-13,17H,4-11H2,1-3H3,(H2,16,20). The first-order valence-electron chi connectivity index (χ1n) is 8.01. The highest BCUT2D eigenvalue weighted by Gasteiger charge is 2.49. The number of nitrogens with two attached hydrogens (primary N) is 1. The molecule has 1 amide bonds. The number of amides is 1. The van der Waals surface area contributed by atoms with E-state index < -0.39 is 5.54 Å². The van der Waals surface area contributed by atoms with Crippen LogP contribution in [0.3, 0.4) is 0 Å². The molecule has 116 valence electrons. The van der Waals surface area contributed by atoms with Crippen LogP contribution in [0.15, 0.2) is 0 Å². The first-order chi connectivity index (χ1) is 9.52. The van der Waals surface area contributed by atoms with E-state index in [1.807, 2.05) is 0 Å². The number of nitrogens with one attached hydrogen (secondary N) is 1. The van der Waals surface area contributed by atoms with Crippen LogP contribution in [0.2, 0.25) is 0 Å². The van der Waals surface area contributed by atoms with Crippen molar-refractivity contribution in [1.82, 2.24) is 15.1 Å². The predicted molar refractivity (Wildman–Crippen MR) is 81.5 cm³/mol. The number of fused-ring (bicyclic) bond motifs is 2. The van der Waals surface area contributed by atoms with E-state index in [4.69, 9.17) is 5.73 Å². The van der Waals surface area contributed by atoms with Crippen molar-refractivity contribution in [2.75, 3.05) is 33.2 Å². The van der Waals surface area contributed by atoms with Crippen LogP contribution in [0.1, 0.15) is 39.5 Å². The summed E-state index contributed by atoms with van der Waals surface area (Å²) < 4.78 is 0. The number of likely N-dealkylation sites (N-methyl/N-ethyl adjacent to an activating group) is 1. The molecule has 2 saturated heterocycles. The Bertz CT molecular complexity index is 329. The Labute approximate surface area is 122 Å². The average Bonchev–Trinajstić information content (AvgIpc) is 2.66. The average molecular weight is 282 g/mol. The van der Waals surface area contributed by atoms with Gasteiger partial charge < -0.3 is 20.9 Å². The summed E-state index contributed by atoms with van der Waals surface area (Å²) in [5.74, 6) is -0.165. The number of carbonyl (C=O) groups is 1. The largest absolute Gasteiger partial charge is 0.368 e. The SMILES string of the molecule is CCN(CC)CCNC1(C(N)=O)CC2CCC(C1)N2C. The van der Waals surface area contributed by atoms with Crippen LogP contribution in [0.4, 0.5) is 0 Å². The van der Waals surface area contributed by atoms with Gasteiger partial charge in [-0.05, 0) is 45.8 Å². The molecule has 2 rings (SSSR count). The smallest absolute Gasteiger partial charge is 0.237 e. The fourth-order valence-corrected chi connectivity index (χ4v) is 3.90. The topological polar surface area (TPSA) is 61.6 Å². The first-order valence-corrected chi connectivity index (χ1v) is 8.01. The van der Waals surface area contributed by atoms with E-state index in [9.17, 15) is 4.79 Å². The Kier molecular flexibility index (Phi) is 5.04. The minimum absolute atomic E-state index is 0.165. The van der Waals surface area contributed by atoms with Crippen LogP contribution in [0.25, 0.3) is 0 Å². The third kappa shape index (κ3) is 3.00. The van der Waals surface area contributed by atoms with Crippen LogP contribution >= 0.6 is 0 Å². The fraction of sp³-hybridized carbons (Fsp3) is 0.933. The van der Waals surface area contributed by atoms with Gasteiger partial charge >= 0.3 is 0 Å². The van der Waals surface area contributed by atoms with Gasteiger partial charge in [0, 0.05) is 25.2 Å². The molecule has 2 heterocycles. The summed E-state index contributed by atoms with van der Waals surface area (Å²) in [7, 11) is 2.18. The minimum Gasteiger partial charge on any atom is -0.368 e. The Morgan fingerprint density at radius 1 is 1.30 bits per heavy atom. The van der Waals surface area contributed by atoms with Crippen molar-refractivity contribution in [1.29, 1.82) is 0 Å². The van der Waals surface area contributed by atoms with Gasteiger partial charge in [0.25, 0.3) is 0 Å². The lowest BCUT2D eigenvalue weighted by atomic mass is 9.82. The van der Waals surface area contributed by atoms with Crippen LogP contribution in [-0.4, -0.2) is 66.6 Å². The summed E-state index contributed by atoms with van der Waals surface area (Å²) in [6.45, 7) is 8.26. The zero-order chi connectivity index (χ0) is 14.8. The molecular weight excluding hydrogens is 252 g/mol. The van der Waals surface area contributed by atoms with Gasteiger partial charge in [0.2, 0.25) is 5.91 Å². The second-order valence-electron chi connectivity index (χ2n) is 6.36. The van der Waals surface area contributed by atoms with Crippen molar-refractivity contribution < 1.29 is 4.79 Å². The molecule has 5 heteroatoms. The Morgan fingerprint density at radius 2 is 1.85 bits per heavy atom. The fourth-order valence-electron chi connectivity index (χ4n) is 3.90. The number of carbonyl (C=O) groups excluding carboxylic acids is 1. The molecular formula is C15H30N4O. The molecule has 2 atom stereocenters. The predicted octanol–water partition coefficient (Wildman–Crippen LogP) is 0.399. The van der Waals surface area contributed by atoms with Gasteiger partial charge in [-0.1, -0.05) is 13.8 Å². The van der Waals surface area contributed by atoms with E-state index in [-0.39, 0.29) is 5.91 Å². The highest BCUT2D eigenvalue weighted by molar-refractivity contribution is 5.85. The van der Waals surface area contributed by atoms with Crippen molar-refractivity contribution in [3.63, 3.8) is 0 Å². The molecule has 3 N–H and O–H groups in total. The van der Waals surface area contributed by atoms with E-state index in [0.717, 1.165) is 39.0 Å². The number of hydrogen-bond acceptors (Lipinski definition) is 4. The van der Waals surface area contributed by atoms with E-state index in [2.05, 4.69) is 36.0 Å². The summed E-state index contributed by atoms with van der Waals surface area (Å²) in [5, 5.41) is 3.51. The third-order valence-corrected chi connectivity index (χ3v) is 5.41. The van der Waals surface area contributed by atoms with Crippen molar-refractivity contribution in [3.8, 4) is 0 Å². The maximum atomic E-state index is 12.0. The van der Waals surface area contributed by atoms with E-state index in [1.165, 1.54) is 12.8 Å². The van der Waals surface area contributed by atoms with Crippen LogP contribution < -0.4 is 11.1 Å². The van der Waals surface area contributed by atoms with Gasteiger partial charge in [-0.3, -0.25) is 4.79 Å². The highest BCUT2D eigenvalue weighted by Crippen LogP contribution is 2.39. The number of nitrogens with zero attached hydrogens (tertiary/aromatic N) is 2. The lowest BCUT2D eigenvalue weighted by Crippen LogP contribution is -2.64. The van der Waals surface area contributed by atoms with Gasteiger partial charge in [-0.25, -0.2) is 0 Å². The molecule has 5 nitrogen and oxygen atoms in total. The number of rotatable bonds is 7. The van der Waals surface area contributed by atoms with Gasteiger partial charge in [0.1, 0.15) is 5.54 Å². The van der Waals surface area contributed by atoms with Crippen LogP contribution in [0, 0.1) is 0 Å². The monoisotopic (exact) mass is 282 g/mol. The van der Waals surface area contributed by atoms with E-state index in [1.54, 1.807) is 0 Å². The lowest BCUT2D eigenvalue weighted by molar-refractivity contribution is -0.127. The van der Waals surface area contributed by atoms with Crippen LogP contribution in [0.5, 0.6) is 0 Å². The zero-order valence-electron chi connectivity index (χ0n) is 13.2. The maximum Gasteiger partial charge on any atom is 0.237 e. The molecule has 0 aromatic rings. The molecule has 0 aromatic heterocycles. The highest BCUT2D eigenvalue weighted by atomic mass is 16.1. The van der Waals surface area contributed by atoms with Crippen molar-refractivity contribution >= 4 is 5.91 Å². The Hall–Kier alpha value is -0.650. The first kappa shape index (κ1) is 15.7.